The molecule has 0 aliphatic heterocycles. The van der Waals surface area contributed by atoms with Crippen LogP contribution in [0.3, 0.4) is 0 Å². The zero-order valence-corrected chi connectivity index (χ0v) is 17.5. The van der Waals surface area contributed by atoms with Crippen LogP contribution in [0.5, 0.6) is 0 Å². The highest BCUT2D eigenvalue weighted by Crippen LogP contribution is 2.22. The SMILES string of the molecule is CCOC(=O)c1c[nH]c2ccc(C(O)C(O)CCNC(=O)OC(C)(C)C)cc2c1=O. The molecule has 2 atom stereocenters. The van der Waals surface area contributed by atoms with Gasteiger partial charge in [-0.25, -0.2) is 9.59 Å². The number of carbonyl (C=O) groups is 2. The minimum atomic E-state index is -1.29. The van der Waals surface area contributed by atoms with Gasteiger partial charge in [-0.3, -0.25) is 4.79 Å². The van der Waals surface area contributed by atoms with Crippen molar-refractivity contribution in [3.8, 4) is 0 Å². The van der Waals surface area contributed by atoms with Crippen molar-refractivity contribution in [1.29, 1.82) is 0 Å². The van der Waals surface area contributed by atoms with Crippen LogP contribution in [0.1, 0.15) is 56.1 Å². The van der Waals surface area contributed by atoms with Crippen molar-refractivity contribution >= 4 is 23.0 Å². The molecule has 1 amide bonds. The molecular formula is C21H28N2O7. The smallest absolute Gasteiger partial charge is 0.407 e. The lowest BCUT2D eigenvalue weighted by Gasteiger charge is -2.21. The van der Waals surface area contributed by atoms with Crippen LogP contribution in [0.2, 0.25) is 0 Å². The first kappa shape index (κ1) is 23.4. The zero-order valence-electron chi connectivity index (χ0n) is 17.5. The Labute approximate surface area is 174 Å². The van der Waals surface area contributed by atoms with Gasteiger partial charge >= 0.3 is 12.1 Å². The summed E-state index contributed by atoms with van der Waals surface area (Å²) in [5, 5.41) is 23.4. The number of hydrogen-bond donors (Lipinski definition) is 4. The quantitative estimate of drug-likeness (QED) is 0.503. The second-order valence-electron chi connectivity index (χ2n) is 7.79. The molecule has 9 nitrogen and oxygen atoms in total. The van der Waals surface area contributed by atoms with Crippen LogP contribution in [0.25, 0.3) is 10.9 Å². The van der Waals surface area contributed by atoms with Crippen LogP contribution in [-0.2, 0) is 9.47 Å². The lowest BCUT2D eigenvalue weighted by molar-refractivity contribution is 0.0124. The number of nitrogens with one attached hydrogen (secondary N) is 2. The standard InChI is InChI=1S/C21H28N2O7/c1-5-29-19(27)14-11-23-15-7-6-12(10-13(15)18(14)26)17(25)16(24)8-9-22-20(28)30-21(2,3)4/h6-7,10-11,16-17,24-25H,5,8-9H2,1-4H3,(H,22,28)(H,23,26). The summed E-state index contributed by atoms with van der Waals surface area (Å²) >= 11 is 0. The van der Waals surface area contributed by atoms with Gasteiger partial charge in [-0.2, -0.15) is 0 Å². The van der Waals surface area contributed by atoms with Gasteiger partial charge in [0.25, 0.3) is 0 Å². The van der Waals surface area contributed by atoms with Crippen LogP contribution in [-0.4, -0.2) is 52.1 Å². The number of aliphatic hydroxyl groups excluding tert-OH is 2. The molecule has 0 aliphatic rings. The molecule has 0 radical (unpaired) electrons. The lowest BCUT2D eigenvalue weighted by atomic mass is 9.99. The average Bonchev–Trinajstić information content (AvgIpc) is 2.66. The molecule has 2 unspecified atom stereocenters. The van der Waals surface area contributed by atoms with Crippen molar-refractivity contribution in [3.63, 3.8) is 0 Å². The number of aromatic nitrogens is 1. The van der Waals surface area contributed by atoms with Crippen LogP contribution < -0.4 is 10.7 Å². The van der Waals surface area contributed by atoms with Gasteiger partial charge in [0, 0.05) is 23.6 Å². The second-order valence-corrected chi connectivity index (χ2v) is 7.79. The molecule has 0 spiro atoms. The van der Waals surface area contributed by atoms with E-state index in [9.17, 15) is 24.6 Å². The van der Waals surface area contributed by atoms with Gasteiger partial charge in [-0.05, 0) is 51.8 Å². The molecule has 0 bridgehead atoms. The fourth-order valence-electron chi connectivity index (χ4n) is 2.80. The van der Waals surface area contributed by atoms with Crippen molar-refractivity contribution in [2.24, 2.45) is 0 Å². The van der Waals surface area contributed by atoms with E-state index < -0.39 is 35.3 Å². The summed E-state index contributed by atoms with van der Waals surface area (Å²) in [4.78, 5) is 39.0. The van der Waals surface area contributed by atoms with Gasteiger partial charge in [0.2, 0.25) is 5.43 Å². The second kappa shape index (κ2) is 9.73. The summed E-state index contributed by atoms with van der Waals surface area (Å²) in [5.74, 6) is -0.736. The van der Waals surface area contributed by atoms with E-state index in [2.05, 4.69) is 10.3 Å². The number of H-pyrrole nitrogens is 1. The van der Waals surface area contributed by atoms with Crippen molar-refractivity contribution in [1.82, 2.24) is 10.3 Å². The maximum Gasteiger partial charge on any atom is 0.407 e. The van der Waals surface area contributed by atoms with Crippen LogP contribution in [0, 0.1) is 0 Å². The number of pyridine rings is 1. The summed E-state index contributed by atoms with van der Waals surface area (Å²) in [6.45, 7) is 7.08. The Bertz CT molecular complexity index is 962. The number of esters is 1. The number of rotatable bonds is 7. The van der Waals surface area contributed by atoms with E-state index in [1.807, 2.05) is 0 Å². The summed E-state index contributed by atoms with van der Waals surface area (Å²) in [5.41, 5.74) is -0.526. The molecule has 9 heteroatoms. The molecule has 0 aliphatic carbocycles. The van der Waals surface area contributed by atoms with Crippen LogP contribution >= 0.6 is 0 Å². The third kappa shape index (κ3) is 6.04. The molecule has 164 valence electrons. The van der Waals surface area contributed by atoms with Crippen LogP contribution in [0.4, 0.5) is 4.79 Å². The van der Waals surface area contributed by atoms with E-state index in [1.165, 1.54) is 12.3 Å². The number of fused-ring (bicyclic) bond motifs is 1. The molecular weight excluding hydrogens is 392 g/mol. The monoisotopic (exact) mass is 420 g/mol. The number of aliphatic hydroxyl groups is 2. The van der Waals surface area contributed by atoms with Gasteiger partial charge in [0.15, 0.2) is 0 Å². The minimum Gasteiger partial charge on any atom is -0.462 e. The third-order valence-electron chi connectivity index (χ3n) is 4.21. The topological polar surface area (TPSA) is 138 Å². The Kier molecular flexibility index (Phi) is 7.58. The Balaban J connectivity index is 2.11. The zero-order chi connectivity index (χ0) is 22.5. The number of alkyl carbamates (subject to hydrolysis) is 1. The molecule has 30 heavy (non-hydrogen) atoms. The van der Waals surface area contributed by atoms with Gasteiger partial charge in [-0.15, -0.1) is 0 Å². The predicted molar refractivity (Wildman–Crippen MR) is 110 cm³/mol. The van der Waals surface area contributed by atoms with Crippen molar-refractivity contribution < 1.29 is 29.3 Å². The number of amides is 1. The largest absolute Gasteiger partial charge is 0.462 e. The Hall–Kier alpha value is -2.91. The van der Waals surface area contributed by atoms with Crippen molar-refractivity contribution in [2.45, 2.75) is 51.9 Å². The molecule has 0 fully saturated rings. The first-order valence-electron chi connectivity index (χ1n) is 9.69. The Morgan fingerprint density at radius 1 is 1.23 bits per heavy atom. The van der Waals surface area contributed by atoms with E-state index in [4.69, 9.17) is 9.47 Å². The van der Waals surface area contributed by atoms with Crippen molar-refractivity contribution in [2.75, 3.05) is 13.2 Å². The molecule has 2 aromatic rings. The highest BCUT2D eigenvalue weighted by Gasteiger charge is 2.21. The highest BCUT2D eigenvalue weighted by molar-refractivity contribution is 5.93. The van der Waals surface area contributed by atoms with E-state index >= 15 is 0 Å². The number of aromatic amines is 1. The number of carbonyl (C=O) groups excluding carboxylic acids is 2. The number of ether oxygens (including phenoxy) is 2. The Morgan fingerprint density at radius 2 is 1.93 bits per heavy atom. The van der Waals surface area contributed by atoms with Crippen molar-refractivity contribution in [3.05, 3.63) is 45.7 Å². The van der Waals surface area contributed by atoms with E-state index in [0.29, 0.717) is 11.1 Å². The fraction of sp³-hybridized carbons (Fsp3) is 0.476. The van der Waals surface area contributed by atoms with E-state index in [0.717, 1.165) is 0 Å². The summed E-state index contributed by atoms with van der Waals surface area (Å²) < 4.78 is 9.98. The molecule has 4 N–H and O–H groups in total. The average molecular weight is 420 g/mol. The minimum absolute atomic E-state index is 0.0671. The van der Waals surface area contributed by atoms with Gasteiger partial charge < -0.3 is 30.0 Å². The summed E-state index contributed by atoms with van der Waals surface area (Å²) in [7, 11) is 0. The Morgan fingerprint density at radius 3 is 2.57 bits per heavy atom. The molecule has 1 aromatic heterocycles. The molecule has 2 rings (SSSR count). The molecule has 1 aromatic carbocycles. The molecule has 0 saturated heterocycles. The van der Waals surface area contributed by atoms with E-state index in [-0.39, 0.29) is 30.5 Å². The maximum atomic E-state index is 12.6. The first-order valence-corrected chi connectivity index (χ1v) is 9.69. The maximum absolute atomic E-state index is 12.6. The molecule has 1 heterocycles. The number of hydrogen-bond acceptors (Lipinski definition) is 7. The lowest BCUT2D eigenvalue weighted by Crippen LogP contribution is -2.34. The summed E-state index contributed by atoms with van der Waals surface area (Å²) in [6, 6.07) is 4.57. The first-order chi connectivity index (χ1) is 14.0. The molecule has 0 saturated carbocycles. The van der Waals surface area contributed by atoms with E-state index in [1.54, 1.807) is 39.8 Å². The summed E-state index contributed by atoms with van der Waals surface area (Å²) in [6.07, 6.45) is -1.74. The third-order valence-corrected chi connectivity index (χ3v) is 4.21. The highest BCUT2D eigenvalue weighted by atomic mass is 16.6. The van der Waals surface area contributed by atoms with Crippen LogP contribution in [0.15, 0.2) is 29.2 Å². The van der Waals surface area contributed by atoms with Gasteiger partial charge in [0.05, 0.1) is 12.7 Å². The van der Waals surface area contributed by atoms with Gasteiger partial charge in [0.1, 0.15) is 17.3 Å². The number of benzene rings is 1. The predicted octanol–water partition coefficient (Wildman–Crippen LogP) is 2.01. The normalized spacial score (nSPS) is 13.5. The fourth-order valence-corrected chi connectivity index (χ4v) is 2.80. The van der Waals surface area contributed by atoms with Gasteiger partial charge in [-0.1, -0.05) is 6.07 Å².